The molecule has 0 spiro atoms. The zero-order valence-electron chi connectivity index (χ0n) is 17.4. The molecule has 0 radical (unpaired) electrons. The Morgan fingerprint density at radius 2 is 1.67 bits per heavy atom. The number of halogens is 1. The van der Waals surface area contributed by atoms with E-state index in [2.05, 4.69) is 22.9 Å². The van der Waals surface area contributed by atoms with Crippen LogP contribution in [0.15, 0.2) is 16.6 Å². The number of benzene rings is 1. The lowest BCUT2D eigenvalue weighted by atomic mass is 10.2. The molecule has 27 heavy (non-hydrogen) atoms. The third-order valence-electron chi connectivity index (χ3n) is 3.68. The van der Waals surface area contributed by atoms with Gasteiger partial charge in [-0.1, -0.05) is 26.2 Å². The summed E-state index contributed by atoms with van der Waals surface area (Å²) in [5, 5.41) is 0. The molecule has 0 aromatic heterocycles. The van der Waals surface area contributed by atoms with Crippen molar-refractivity contribution in [3.63, 3.8) is 0 Å². The van der Waals surface area contributed by atoms with Crippen molar-refractivity contribution in [2.75, 3.05) is 13.7 Å². The van der Waals surface area contributed by atoms with E-state index in [4.69, 9.17) is 18.5 Å². The van der Waals surface area contributed by atoms with E-state index in [1.165, 1.54) is 12.8 Å². The van der Waals surface area contributed by atoms with Crippen molar-refractivity contribution in [1.82, 2.24) is 0 Å². The predicted molar refractivity (Wildman–Crippen MR) is 114 cm³/mol. The zero-order chi connectivity index (χ0) is 20.4. The van der Waals surface area contributed by atoms with Crippen LogP contribution in [-0.2, 0) is 19.8 Å². The Morgan fingerprint density at radius 3 is 2.19 bits per heavy atom. The molecule has 0 aliphatic carbocycles. The van der Waals surface area contributed by atoms with Crippen LogP contribution in [0.25, 0.3) is 0 Å². The van der Waals surface area contributed by atoms with Gasteiger partial charge in [-0.15, -0.1) is 0 Å². The van der Waals surface area contributed by atoms with Gasteiger partial charge >= 0.3 is 7.60 Å². The van der Waals surface area contributed by atoms with Gasteiger partial charge in [-0.25, -0.2) is 0 Å². The minimum absolute atomic E-state index is 0.128. The highest BCUT2D eigenvalue weighted by Crippen LogP contribution is 2.55. The maximum absolute atomic E-state index is 13.3. The Labute approximate surface area is 172 Å². The molecule has 1 aromatic carbocycles. The summed E-state index contributed by atoms with van der Waals surface area (Å²) >= 11 is 3.55. The monoisotopic (exact) mass is 464 g/mol. The Hall–Kier alpha value is -0.550. The van der Waals surface area contributed by atoms with Gasteiger partial charge in [-0.2, -0.15) is 0 Å². The fourth-order valence-corrected chi connectivity index (χ4v) is 5.40. The molecule has 7 heteroatoms. The molecule has 0 saturated heterocycles. The summed E-state index contributed by atoms with van der Waals surface area (Å²) < 4.78 is 36.9. The second-order valence-electron chi connectivity index (χ2n) is 7.08. The van der Waals surface area contributed by atoms with E-state index in [0.29, 0.717) is 18.1 Å². The molecule has 0 saturated carbocycles. The molecular formula is C20H34BrO5P. The average Bonchev–Trinajstić information content (AvgIpc) is 2.54. The van der Waals surface area contributed by atoms with Crippen molar-refractivity contribution in [2.45, 2.75) is 78.7 Å². The van der Waals surface area contributed by atoms with Gasteiger partial charge in [-0.05, 0) is 62.2 Å². The molecule has 0 aliphatic heterocycles. The molecule has 1 rings (SSSR count). The van der Waals surface area contributed by atoms with E-state index in [1.54, 1.807) is 7.11 Å². The van der Waals surface area contributed by atoms with Crippen LogP contribution in [0.4, 0.5) is 0 Å². The minimum Gasteiger partial charge on any atom is -0.497 e. The number of hydrogen-bond donors (Lipinski definition) is 0. The van der Waals surface area contributed by atoms with Gasteiger partial charge in [0.2, 0.25) is 0 Å². The maximum Gasteiger partial charge on any atom is 0.335 e. The van der Waals surface area contributed by atoms with E-state index in [9.17, 15) is 4.57 Å². The number of ether oxygens (including phenoxy) is 2. The zero-order valence-corrected chi connectivity index (χ0v) is 19.9. The van der Waals surface area contributed by atoms with E-state index < -0.39 is 7.60 Å². The van der Waals surface area contributed by atoms with Crippen molar-refractivity contribution in [2.24, 2.45) is 0 Å². The van der Waals surface area contributed by atoms with Gasteiger partial charge in [-0.3, -0.25) is 4.57 Å². The Balaban J connectivity index is 3.09. The summed E-state index contributed by atoms with van der Waals surface area (Å²) in [6.45, 7) is 10.2. The number of hydrogen-bond acceptors (Lipinski definition) is 5. The van der Waals surface area contributed by atoms with Crippen molar-refractivity contribution in [1.29, 1.82) is 0 Å². The van der Waals surface area contributed by atoms with Gasteiger partial charge in [0.1, 0.15) is 11.5 Å². The fraction of sp³-hybridized carbons (Fsp3) is 0.700. The van der Waals surface area contributed by atoms with Crippen LogP contribution in [0, 0.1) is 0 Å². The van der Waals surface area contributed by atoms with Gasteiger partial charge in [0.05, 0.1) is 36.6 Å². The predicted octanol–water partition coefficient (Wildman–Crippen LogP) is 6.96. The molecule has 0 N–H and O–H groups in total. The topological polar surface area (TPSA) is 54.0 Å². The van der Waals surface area contributed by atoms with Gasteiger partial charge in [0.15, 0.2) is 0 Å². The van der Waals surface area contributed by atoms with Crippen molar-refractivity contribution >= 4 is 23.5 Å². The highest BCUT2D eigenvalue weighted by Gasteiger charge is 2.30. The first-order valence-corrected chi connectivity index (χ1v) is 12.2. The molecule has 1 aromatic rings. The molecule has 0 heterocycles. The first-order valence-electron chi connectivity index (χ1n) is 9.65. The van der Waals surface area contributed by atoms with Crippen LogP contribution < -0.4 is 9.47 Å². The molecule has 0 atom stereocenters. The quantitative estimate of drug-likeness (QED) is 0.233. The highest BCUT2D eigenvalue weighted by molar-refractivity contribution is 9.10. The average molecular weight is 465 g/mol. The van der Waals surface area contributed by atoms with Gasteiger partial charge in [0, 0.05) is 5.56 Å². The molecule has 0 bridgehead atoms. The number of unbranched alkanes of at least 4 members (excludes halogenated alkanes) is 3. The van der Waals surface area contributed by atoms with Crippen LogP contribution in [0.2, 0.25) is 0 Å². The standard InChI is InChI=1S/C20H34BrO5P/c1-7-8-9-10-11-24-20-17(12-18(23-6)13-19(20)21)14-27(22,25-15(2)3)26-16(4)5/h12-13,15-16H,7-11,14H2,1-6H3. The summed E-state index contributed by atoms with van der Waals surface area (Å²) in [5.74, 6) is 1.34. The molecular weight excluding hydrogens is 431 g/mol. The minimum atomic E-state index is -3.34. The summed E-state index contributed by atoms with van der Waals surface area (Å²) in [4.78, 5) is 0. The second kappa shape index (κ2) is 12.1. The maximum atomic E-state index is 13.3. The van der Waals surface area contributed by atoms with Crippen LogP contribution in [0.5, 0.6) is 11.5 Å². The lowest BCUT2D eigenvalue weighted by molar-refractivity contribution is 0.141. The van der Waals surface area contributed by atoms with Crippen molar-refractivity contribution in [3.8, 4) is 11.5 Å². The highest BCUT2D eigenvalue weighted by atomic mass is 79.9. The summed E-state index contributed by atoms with van der Waals surface area (Å²) in [7, 11) is -1.73. The smallest absolute Gasteiger partial charge is 0.335 e. The van der Waals surface area contributed by atoms with Crippen molar-refractivity contribution < 1.29 is 23.1 Å². The molecule has 0 amide bonds. The fourth-order valence-electron chi connectivity index (χ4n) is 2.67. The Kier molecular flexibility index (Phi) is 11.0. The van der Waals surface area contributed by atoms with Crippen LogP contribution >= 0.6 is 23.5 Å². The first-order chi connectivity index (χ1) is 12.7. The molecule has 5 nitrogen and oxygen atoms in total. The molecule has 156 valence electrons. The van der Waals surface area contributed by atoms with Gasteiger partial charge < -0.3 is 18.5 Å². The van der Waals surface area contributed by atoms with Crippen LogP contribution in [0.3, 0.4) is 0 Å². The molecule has 0 fully saturated rings. The SMILES string of the molecule is CCCCCCOc1c(Br)cc(OC)cc1CP(=O)(OC(C)C)OC(C)C. The largest absolute Gasteiger partial charge is 0.497 e. The third kappa shape index (κ3) is 8.99. The van der Waals surface area contributed by atoms with E-state index in [0.717, 1.165) is 22.9 Å². The van der Waals surface area contributed by atoms with E-state index >= 15 is 0 Å². The third-order valence-corrected chi connectivity index (χ3v) is 6.48. The van der Waals surface area contributed by atoms with Gasteiger partial charge in [0.25, 0.3) is 0 Å². The number of methoxy groups -OCH3 is 1. The normalized spacial score (nSPS) is 12.0. The Morgan fingerprint density at radius 1 is 1.04 bits per heavy atom. The summed E-state index contributed by atoms with van der Waals surface area (Å²) in [6, 6.07) is 3.69. The number of rotatable bonds is 13. The van der Waals surface area contributed by atoms with E-state index in [-0.39, 0.29) is 18.4 Å². The molecule has 0 aliphatic rings. The second-order valence-corrected chi connectivity index (χ2v) is 9.90. The molecule has 0 unspecified atom stereocenters. The lowest BCUT2D eigenvalue weighted by Gasteiger charge is -2.24. The van der Waals surface area contributed by atoms with Crippen LogP contribution in [0.1, 0.15) is 65.9 Å². The van der Waals surface area contributed by atoms with E-state index in [1.807, 2.05) is 39.8 Å². The summed E-state index contributed by atoms with van der Waals surface area (Å²) in [5.41, 5.74) is 0.751. The Bertz CT molecular complexity index is 605. The lowest BCUT2D eigenvalue weighted by Crippen LogP contribution is -2.10. The van der Waals surface area contributed by atoms with Crippen molar-refractivity contribution in [3.05, 3.63) is 22.2 Å². The first kappa shape index (κ1) is 24.5. The van der Waals surface area contributed by atoms with Crippen LogP contribution in [-0.4, -0.2) is 25.9 Å². The summed E-state index contributed by atoms with van der Waals surface area (Å²) in [6.07, 6.45) is 4.20.